The number of H-pyrrole nitrogens is 1. The average Bonchev–Trinajstić information content (AvgIpc) is 2.55. The molecule has 1 atom stereocenters. The predicted octanol–water partition coefficient (Wildman–Crippen LogP) is 1.35. The zero-order chi connectivity index (χ0) is 9.59. The number of carboxylic acid groups (broad SMARTS) is 1. The van der Waals surface area contributed by atoms with Gasteiger partial charge in [-0.05, 0) is 18.4 Å². The van der Waals surface area contributed by atoms with Crippen LogP contribution in [0.15, 0.2) is 0 Å². The lowest BCUT2D eigenvalue weighted by Crippen LogP contribution is -1.99. The summed E-state index contributed by atoms with van der Waals surface area (Å²) in [4.78, 5) is 13.3. The van der Waals surface area contributed by atoms with Gasteiger partial charge in [-0.2, -0.15) is 0 Å². The van der Waals surface area contributed by atoms with Gasteiger partial charge in [0.2, 0.25) is 0 Å². The summed E-state index contributed by atoms with van der Waals surface area (Å²) in [6.45, 7) is 0. The third-order valence-corrected chi connectivity index (χ3v) is 2.70. The van der Waals surface area contributed by atoms with Crippen molar-refractivity contribution in [1.29, 1.82) is 0 Å². The van der Waals surface area contributed by atoms with Gasteiger partial charge in [0.05, 0.1) is 11.1 Å². The zero-order valence-corrected chi connectivity index (χ0v) is 7.43. The van der Waals surface area contributed by atoms with E-state index in [1.54, 1.807) is 0 Å². The molecule has 0 radical (unpaired) electrons. The molecule has 1 aliphatic carbocycles. The first-order valence-electron chi connectivity index (χ1n) is 3.93. The summed E-state index contributed by atoms with van der Waals surface area (Å²) in [5.74, 6) is -1.09. The van der Waals surface area contributed by atoms with Gasteiger partial charge >= 0.3 is 5.97 Å². The van der Waals surface area contributed by atoms with Crippen molar-refractivity contribution in [1.82, 2.24) is 4.98 Å². The SMILES string of the molecule is O=C(O)c1[nH]c2c(c1Cl)CCC2O. The van der Waals surface area contributed by atoms with E-state index in [1.165, 1.54) is 0 Å². The van der Waals surface area contributed by atoms with Crippen molar-refractivity contribution < 1.29 is 15.0 Å². The molecular formula is C8H8ClNO3. The lowest BCUT2D eigenvalue weighted by Gasteiger charge is -1.98. The Morgan fingerprint density at radius 1 is 1.62 bits per heavy atom. The van der Waals surface area contributed by atoms with E-state index in [0.29, 0.717) is 18.5 Å². The van der Waals surface area contributed by atoms with E-state index < -0.39 is 12.1 Å². The van der Waals surface area contributed by atoms with E-state index in [0.717, 1.165) is 5.56 Å². The van der Waals surface area contributed by atoms with Crippen molar-refractivity contribution in [2.24, 2.45) is 0 Å². The average molecular weight is 202 g/mol. The summed E-state index contributed by atoms with van der Waals surface area (Å²) < 4.78 is 0. The van der Waals surface area contributed by atoms with Crippen LogP contribution in [0.1, 0.15) is 34.3 Å². The number of carboxylic acids is 1. The van der Waals surface area contributed by atoms with Gasteiger partial charge in [-0.15, -0.1) is 0 Å². The lowest BCUT2D eigenvalue weighted by molar-refractivity contribution is 0.0690. The highest BCUT2D eigenvalue weighted by molar-refractivity contribution is 6.34. The number of nitrogens with one attached hydrogen (secondary N) is 1. The fourth-order valence-corrected chi connectivity index (χ4v) is 1.96. The highest BCUT2D eigenvalue weighted by Gasteiger charge is 2.29. The molecule has 0 bridgehead atoms. The quantitative estimate of drug-likeness (QED) is 0.642. The first-order valence-corrected chi connectivity index (χ1v) is 4.30. The van der Waals surface area contributed by atoms with Crippen LogP contribution in [-0.4, -0.2) is 21.2 Å². The predicted molar refractivity (Wildman–Crippen MR) is 46.0 cm³/mol. The number of hydrogen-bond acceptors (Lipinski definition) is 2. The topological polar surface area (TPSA) is 73.3 Å². The van der Waals surface area contributed by atoms with E-state index in [9.17, 15) is 9.90 Å². The van der Waals surface area contributed by atoms with Gasteiger partial charge in [0, 0.05) is 5.69 Å². The molecule has 13 heavy (non-hydrogen) atoms. The summed E-state index contributed by atoms with van der Waals surface area (Å²) in [6, 6.07) is 0. The van der Waals surface area contributed by atoms with E-state index in [2.05, 4.69) is 4.98 Å². The maximum Gasteiger partial charge on any atom is 0.353 e. The van der Waals surface area contributed by atoms with Crippen molar-refractivity contribution in [2.75, 3.05) is 0 Å². The molecule has 5 heteroatoms. The number of aliphatic hydroxyl groups excluding tert-OH is 1. The number of aromatic carboxylic acids is 1. The van der Waals surface area contributed by atoms with Crippen molar-refractivity contribution in [3.63, 3.8) is 0 Å². The molecule has 0 saturated carbocycles. The highest BCUT2D eigenvalue weighted by atomic mass is 35.5. The fraction of sp³-hybridized carbons (Fsp3) is 0.375. The molecule has 1 unspecified atom stereocenters. The largest absolute Gasteiger partial charge is 0.477 e. The number of aromatic nitrogens is 1. The molecule has 1 heterocycles. The van der Waals surface area contributed by atoms with E-state index >= 15 is 0 Å². The fourth-order valence-electron chi connectivity index (χ4n) is 1.64. The second kappa shape index (κ2) is 2.75. The van der Waals surface area contributed by atoms with Gasteiger partial charge in [0.1, 0.15) is 5.69 Å². The molecule has 0 spiro atoms. The molecular weight excluding hydrogens is 194 g/mol. The molecule has 1 aliphatic rings. The van der Waals surface area contributed by atoms with E-state index in [4.69, 9.17) is 16.7 Å². The molecule has 3 N–H and O–H groups in total. The molecule has 0 fully saturated rings. The summed E-state index contributed by atoms with van der Waals surface area (Å²) in [5.41, 5.74) is 1.28. The van der Waals surface area contributed by atoms with E-state index in [-0.39, 0.29) is 10.7 Å². The van der Waals surface area contributed by atoms with Gasteiger partial charge < -0.3 is 15.2 Å². The van der Waals surface area contributed by atoms with Crippen LogP contribution in [0.3, 0.4) is 0 Å². The Kier molecular flexibility index (Phi) is 1.82. The molecule has 0 aliphatic heterocycles. The van der Waals surface area contributed by atoms with Crippen LogP contribution >= 0.6 is 11.6 Å². The van der Waals surface area contributed by atoms with Crippen LogP contribution in [0.25, 0.3) is 0 Å². The van der Waals surface area contributed by atoms with Gasteiger partial charge in [0.15, 0.2) is 0 Å². The Bertz CT molecular complexity index is 372. The van der Waals surface area contributed by atoms with Crippen molar-refractivity contribution in [3.05, 3.63) is 22.0 Å². The summed E-state index contributed by atoms with van der Waals surface area (Å²) in [7, 11) is 0. The van der Waals surface area contributed by atoms with Gasteiger partial charge in [-0.1, -0.05) is 11.6 Å². The second-order valence-corrected chi connectivity index (χ2v) is 3.44. The van der Waals surface area contributed by atoms with Crippen LogP contribution in [0.2, 0.25) is 5.02 Å². The molecule has 1 aromatic heterocycles. The zero-order valence-electron chi connectivity index (χ0n) is 6.67. The number of aliphatic hydroxyl groups is 1. The third-order valence-electron chi connectivity index (χ3n) is 2.28. The Morgan fingerprint density at radius 3 is 2.85 bits per heavy atom. The molecule has 2 rings (SSSR count). The van der Waals surface area contributed by atoms with Crippen molar-refractivity contribution in [2.45, 2.75) is 18.9 Å². The maximum atomic E-state index is 10.6. The van der Waals surface area contributed by atoms with Crippen molar-refractivity contribution >= 4 is 17.6 Å². The highest BCUT2D eigenvalue weighted by Crippen LogP contribution is 2.37. The standard InChI is InChI=1S/C8H8ClNO3/c9-5-3-1-2-4(11)6(3)10-7(5)8(12)13/h4,10-11H,1-2H2,(H,12,13). The third kappa shape index (κ3) is 1.14. The first-order chi connectivity index (χ1) is 6.11. The Balaban J connectivity index is 2.55. The molecule has 0 aromatic carbocycles. The lowest BCUT2D eigenvalue weighted by atomic mass is 10.2. The number of halogens is 1. The Labute approximate surface area is 79.1 Å². The first kappa shape index (κ1) is 8.59. The maximum absolute atomic E-state index is 10.6. The summed E-state index contributed by atoms with van der Waals surface area (Å²) >= 11 is 5.81. The number of aromatic amines is 1. The van der Waals surface area contributed by atoms with Crippen LogP contribution in [0.5, 0.6) is 0 Å². The van der Waals surface area contributed by atoms with E-state index in [1.807, 2.05) is 0 Å². The smallest absolute Gasteiger partial charge is 0.353 e. The number of carbonyl (C=O) groups is 1. The second-order valence-electron chi connectivity index (χ2n) is 3.07. The van der Waals surface area contributed by atoms with Gasteiger partial charge in [-0.3, -0.25) is 0 Å². The number of fused-ring (bicyclic) bond motifs is 1. The van der Waals surface area contributed by atoms with Crippen molar-refractivity contribution in [3.8, 4) is 0 Å². The minimum Gasteiger partial charge on any atom is -0.477 e. The molecule has 0 saturated heterocycles. The van der Waals surface area contributed by atoms with Crippen LogP contribution in [-0.2, 0) is 6.42 Å². The molecule has 1 aromatic rings. The normalized spacial score (nSPS) is 20.3. The minimum absolute atomic E-state index is 0.0228. The summed E-state index contributed by atoms with van der Waals surface area (Å²) in [5, 5.41) is 18.4. The minimum atomic E-state index is -1.09. The molecule has 70 valence electrons. The van der Waals surface area contributed by atoms with Crippen LogP contribution in [0, 0.1) is 0 Å². The van der Waals surface area contributed by atoms with Gasteiger partial charge in [-0.25, -0.2) is 4.79 Å². The molecule has 0 amide bonds. The monoisotopic (exact) mass is 201 g/mol. The van der Waals surface area contributed by atoms with Gasteiger partial charge in [0.25, 0.3) is 0 Å². The number of hydrogen-bond donors (Lipinski definition) is 3. The van der Waals surface area contributed by atoms with Crippen LogP contribution in [0.4, 0.5) is 0 Å². The molecule has 4 nitrogen and oxygen atoms in total. The Morgan fingerprint density at radius 2 is 2.31 bits per heavy atom. The van der Waals surface area contributed by atoms with Crippen LogP contribution < -0.4 is 0 Å². The number of rotatable bonds is 1. The Hall–Kier alpha value is -1.00. The summed E-state index contributed by atoms with van der Waals surface area (Å²) in [6.07, 6.45) is 0.653.